The largest absolute Gasteiger partial charge is 0.481 e. The molecule has 7 heteroatoms. The van der Waals surface area contributed by atoms with Crippen molar-refractivity contribution in [1.82, 2.24) is 9.97 Å². The first-order valence-corrected chi connectivity index (χ1v) is 4.69. The van der Waals surface area contributed by atoms with Gasteiger partial charge < -0.3 is 10.8 Å². The molecule has 1 saturated heterocycles. The minimum absolute atomic E-state index is 0.0203. The summed E-state index contributed by atoms with van der Waals surface area (Å²) in [5, 5.41) is 8.81. The molecule has 0 radical (unpaired) electrons. The minimum atomic E-state index is -0.986. The molecule has 84 valence electrons. The van der Waals surface area contributed by atoms with Gasteiger partial charge in [-0.05, 0) is 6.07 Å². The van der Waals surface area contributed by atoms with Gasteiger partial charge in [0.15, 0.2) is 0 Å². The first-order chi connectivity index (χ1) is 7.58. The van der Waals surface area contributed by atoms with E-state index in [1.165, 1.54) is 17.2 Å². The SMILES string of the molecule is Nc1ccnc(N2CC(C(=O)O)CC2=O)n1. The van der Waals surface area contributed by atoms with Crippen LogP contribution in [0.2, 0.25) is 0 Å². The Morgan fingerprint density at radius 3 is 2.94 bits per heavy atom. The quantitative estimate of drug-likeness (QED) is 0.697. The fraction of sp³-hybridized carbons (Fsp3) is 0.333. The lowest BCUT2D eigenvalue weighted by Crippen LogP contribution is -2.27. The Kier molecular flexibility index (Phi) is 2.43. The lowest BCUT2D eigenvalue weighted by atomic mass is 10.1. The number of aromatic nitrogens is 2. The van der Waals surface area contributed by atoms with Crippen LogP contribution in [0.4, 0.5) is 11.8 Å². The number of nitrogen functional groups attached to an aromatic ring is 1. The lowest BCUT2D eigenvalue weighted by molar-refractivity contribution is -0.141. The highest BCUT2D eigenvalue weighted by Crippen LogP contribution is 2.22. The van der Waals surface area contributed by atoms with E-state index < -0.39 is 11.9 Å². The summed E-state index contributed by atoms with van der Waals surface area (Å²) >= 11 is 0. The summed E-state index contributed by atoms with van der Waals surface area (Å²) in [6.07, 6.45) is 1.41. The number of anilines is 2. The van der Waals surface area contributed by atoms with Crippen molar-refractivity contribution in [2.75, 3.05) is 17.2 Å². The number of hydrogen-bond acceptors (Lipinski definition) is 5. The molecule has 0 saturated carbocycles. The van der Waals surface area contributed by atoms with Crippen LogP contribution >= 0.6 is 0 Å². The standard InChI is InChI=1S/C9H10N4O3/c10-6-1-2-11-9(12-6)13-4-5(8(15)16)3-7(13)14/h1-2,5H,3-4H2,(H,15,16)(H2,10,11,12). The first kappa shape index (κ1) is 10.3. The Morgan fingerprint density at radius 2 is 2.38 bits per heavy atom. The van der Waals surface area contributed by atoms with Gasteiger partial charge in [-0.3, -0.25) is 14.5 Å². The van der Waals surface area contributed by atoms with Crippen LogP contribution in [0, 0.1) is 5.92 Å². The number of carboxylic acid groups (broad SMARTS) is 1. The van der Waals surface area contributed by atoms with Crippen LogP contribution < -0.4 is 10.6 Å². The van der Waals surface area contributed by atoms with Crippen LogP contribution in [0.25, 0.3) is 0 Å². The maximum absolute atomic E-state index is 11.5. The van der Waals surface area contributed by atoms with Gasteiger partial charge in [0.05, 0.1) is 5.92 Å². The van der Waals surface area contributed by atoms with Gasteiger partial charge in [0, 0.05) is 19.2 Å². The predicted molar refractivity (Wildman–Crippen MR) is 54.5 cm³/mol. The fourth-order valence-corrected chi connectivity index (χ4v) is 1.56. The van der Waals surface area contributed by atoms with E-state index in [1.807, 2.05) is 0 Å². The van der Waals surface area contributed by atoms with Gasteiger partial charge in [-0.25, -0.2) is 4.98 Å². The molecule has 16 heavy (non-hydrogen) atoms. The Morgan fingerprint density at radius 1 is 1.62 bits per heavy atom. The monoisotopic (exact) mass is 222 g/mol. The average Bonchev–Trinajstić information content (AvgIpc) is 2.60. The fourth-order valence-electron chi connectivity index (χ4n) is 1.56. The molecule has 1 amide bonds. The summed E-state index contributed by atoms with van der Waals surface area (Å²) in [6, 6.07) is 1.50. The molecule has 1 aromatic heterocycles. The molecule has 3 N–H and O–H groups in total. The molecule has 2 heterocycles. The van der Waals surface area contributed by atoms with Gasteiger partial charge in [-0.1, -0.05) is 0 Å². The lowest BCUT2D eigenvalue weighted by Gasteiger charge is -2.13. The molecular weight excluding hydrogens is 212 g/mol. The Labute approximate surface area is 90.9 Å². The summed E-state index contributed by atoms with van der Waals surface area (Å²) in [5.41, 5.74) is 5.46. The molecule has 1 atom stereocenters. The molecule has 0 aromatic carbocycles. The van der Waals surface area contributed by atoms with Crippen molar-refractivity contribution in [2.24, 2.45) is 5.92 Å². The Hall–Kier alpha value is -2.18. The molecular formula is C9H10N4O3. The zero-order chi connectivity index (χ0) is 11.7. The zero-order valence-electron chi connectivity index (χ0n) is 8.33. The molecule has 1 aliphatic heterocycles. The maximum Gasteiger partial charge on any atom is 0.308 e. The number of amides is 1. The van der Waals surface area contributed by atoms with E-state index in [4.69, 9.17) is 10.8 Å². The Balaban J connectivity index is 2.23. The second-order valence-electron chi connectivity index (χ2n) is 3.53. The minimum Gasteiger partial charge on any atom is -0.481 e. The molecule has 1 aromatic rings. The van der Waals surface area contributed by atoms with Crippen LogP contribution in [0.15, 0.2) is 12.3 Å². The van der Waals surface area contributed by atoms with Crippen LogP contribution in [0.1, 0.15) is 6.42 Å². The molecule has 7 nitrogen and oxygen atoms in total. The van der Waals surface area contributed by atoms with Crippen LogP contribution in [-0.4, -0.2) is 33.5 Å². The van der Waals surface area contributed by atoms with Crippen molar-refractivity contribution in [3.8, 4) is 0 Å². The third-order valence-electron chi connectivity index (χ3n) is 2.38. The van der Waals surface area contributed by atoms with E-state index in [1.54, 1.807) is 0 Å². The summed E-state index contributed by atoms with van der Waals surface area (Å²) < 4.78 is 0. The number of aliphatic carboxylic acids is 1. The summed E-state index contributed by atoms with van der Waals surface area (Å²) in [7, 11) is 0. The van der Waals surface area contributed by atoms with E-state index in [-0.39, 0.29) is 30.6 Å². The topological polar surface area (TPSA) is 109 Å². The van der Waals surface area contributed by atoms with Crippen molar-refractivity contribution in [2.45, 2.75) is 6.42 Å². The van der Waals surface area contributed by atoms with Crippen molar-refractivity contribution >= 4 is 23.6 Å². The van der Waals surface area contributed by atoms with Crippen molar-refractivity contribution in [3.63, 3.8) is 0 Å². The van der Waals surface area contributed by atoms with E-state index in [2.05, 4.69) is 9.97 Å². The third-order valence-corrected chi connectivity index (χ3v) is 2.38. The van der Waals surface area contributed by atoms with E-state index in [9.17, 15) is 9.59 Å². The van der Waals surface area contributed by atoms with Crippen LogP contribution in [-0.2, 0) is 9.59 Å². The van der Waals surface area contributed by atoms with Crippen LogP contribution in [0.5, 0.6) is 0 Å². The van der Waals surface area contributed by atoms with Gasteiger partial charge in [0.25, 0.3) is 0 Å². The number of hydrogen-bond donors (Lipinski definition) is 2. The summed E-state index contributed by atoms with van der Waals surface area (Å²) in [5.74, 6) is -1.57. The molecule has 1 aliphatic rings. The molecule has 0 aliphatic carbocycles. The molecule has 0 bridgehead atoms. The highest BCUT2D eigenvalue weighted by atomic mass is 16.4. The third kappa shape index (κ3) is 1.79. The van der Waals surface area contributed by atoms with E-state index in [0.29, 0.717) is 0 Å². The highest BCUT2D eigenvalue weighted by Gasteiger charge is 2.36. The number of carboxylic acids is 1. The van der Waals surface area contributed by atoms with E-state index in [0.717, 1.165) is 0 Å². The second kappa shape index (κ2) is 3.76. The molecule has 0 spiro atoms. The Bertz CT molecular complexity index is 448. The van der Waals surface area contributed by atoms with Crippen molar-refractivity contribution in [1.29, 1.82) is 0 Å². The highest BCUT2D eigenvalue weighted by molar-refractivity contribution is 5.97. The number of nitrogens with two attached hydrogens (primary N) is 1. The van der Waals surface area contributed by atoms with E-state index >= 15 is 0 Å². The second-order valence-corrected chi connectivity index (χ2v) is 3.53. The molecule has 2 rings (SSSR count). The number of carbonyl (C=O) groups excluding carboxylic acids is 1. The van der Waals surface area contributed by atoms with Crippen LogP contribution in [0.3, 0.4) is 0 Å². The van der Waals surface area contributed by atoms with Crippen molar-refractivity contribution < 1.29 is 14.7 Å². The average molecular weight is 222 g/mol. The first-order valence-electron chi connectivity index (χ1n) is 4.69. The smallest absolute Gasteiger partial charge is 0.308 e. The van der Waals surface area contributed by atoms with Gasteiger partial charge in [-0.2, -0.15) is 4.98 Å². The molecule has 1 fully saturated rings. The normalized spacial score (nSPS) is 20.1. The summed E-state index contributed by atoms with van der Waals surface area (Å²) in [6.45, 7) is 0.0949. The maximum atomic E-state index is 11.5. The van der Waals surface area contributed by atoms with Gasteiger partial charge >= 0.3 is 5.97 Å². The zero-order valence-corrected chi connectivity index (χ0v) is 8.33. The van der Waals surface area contributed by atoms with Gasteiger partial charge in [0.2, 0.25) is 11.9 Å². The summed E-state index contributed by atoms with van der Waals surface area (Å²) in [4.78, 5) is 31.3. The number of nitrogens with zero attached hydrogens (tertiary/aromatic N) is 3. The number of rotatable bonds is 2. The number of carbonyl (C=O) groups is 2. The van der Waals surface area contributed by atoms with Gasteiger partial charge in [-0.15, -0.1) is 0 Å². The van der Waals surface area contributed by atoms with Gasteiger partial charge in [0.1, 0.15) is 5.82 Å². The van der Waals surface area contributed by atoms with Crippen molar-refractivity contribution in [3.05, 3.63) is 12.3 Å². The predicted octanol–water partition coefficient (Wildman–Crippen LogP) is -0.504. The molecule has 1 unspecified atom stereocenters.